The van der Waals surface area contributed by atoms with E-state index in [-0.39, 0.29) is 0 Å². The van der Waals surface area contributed by atoms with Crippen molar-refractivity contribution >= 4 is 0 Å². The summed E-state index contributed by atoms with van der Waals surface area (Å²) in [7, 11) is 0. The molecule has 0 bridgehead atoms. The van der Waals surface area contributed by atoms with Crippen molar-refractivity contribution in [2.45, 2.75) is 38.5 Å². The molecule has 1 fully saturated rings. The molecule has 0 nitrogen and oxygen atoms in total. The molecule has 0 spiro atoms. The largest absolute Gasteiger partial charge is 0.310 e. The Labute approximate surface area is 57.2 Å². The molecule has 0 heterocycles. The zero-order chi connectivity index (χ0) is 8.41. The molecule has 1 aliphatic carbocycles. The van der Waals surface area contributed by atoms with E-state index in [9.17, 15) is 17.6 Å². The fourth-order valence-electron chi connectivity index (χ4n) is 0.503. The molecule has 0 aromatic rings. The van der Waals surface area contributed by atoms with E-state index in [0.717, 1.165) is 0 Å². The molecule has 4 heteroatoms. The topological polar surface area (TPSA) is 0 Å². The Hall–Kier alpha value is -0.280. The molecule has 1 rings (SSSR count). The Balaban J connectivity index is 0.000000371. The number of hydrogen-bond acceptors (Lipinski definition) is 0. The highest BCUT2D eigenvalue weighted by atomic mass is 19.3. The van der Waals surface area contributed by atoms with Gasteiger partial charge in [0.15, 0.2) is 0 Å². The maximum atomic E-state index is 11.6. The normalized spacial score (nSPS) is 25.8. The maximum Gasteiger partial charge on any atom is 0.310 e. The van der Waals surface area contributed by atoms with E-state index in [0.29, 0.717) is 0 Å². The molecule has 10 heavy (non-hydrogen) atoms. The smallest absolute Gasteiger partial charge is 0.200 e. The summed E-state index contributed by atoms with van der Waals surface area (Å²) in [5.41, 5.74) is 0. The molecule has 0 atom stereocenters. The molecular formula is C6H10F4. The summed E-state index contributed by atoms with van der Waals surface area (Å²) >= 11 is 0. The Kier molecular flexibility index (Phi) is 2.68. The van der Waals surface area contributed by atoms with Crippen molar-refractivity contribution < 1.29 is 17.6 Å². The summed E-state index contributed by atoms with van der Waals surface area (Å²) in [5.74, 6) is -7.43. The van der Waals surface area contributed by atoms with Crippen molar-refractivity contribution in [1.29, 1.82) is 0 Å². The van der Waals surface area contributed by atoms with Gasteiger partial charge in [-0.2, -0.15) is 17.6 Å². The molecule has 1 saturated carbocycles. The van der Waals surface area contributed by atoms with Gasteiger partial charge in [0, 0.05) is 12.8 Å². The third kappa shape index (κ3) is 1.41. The van der Waals surface area contributed by atoms with E-state index < -0.39 is 24.7 Å². The molecule has 0 aromatic heterocycles. The van der Waals surface area contributed by atoms with Crippen molar-refractivity contribution in [1.82, 2.24) is 0 Å². The second-order valence-corrected chi connectivity index (χ2v) is 1.91. The van der Waals surface area contributed by atoms with Crippen LogP contribution < -0.4 is 0 Å². The van der Waals surface area contributed by atoms with E-state index in [2.05, 4.69) is 0 Å². The van der Waals surface area contributed by atoms with Crippen LogP contribution in [0.2, 0.25) is 0 Å². The summed E-state index contributed by atoms with van der Waals surface area (Å²) in [5, 5.41) is 0. The first kappa shape index (κ1) is 9.72. The number of rotatable bonds is 0. The van der Waals surface area contributed by atoms with E-state index in [1.54, 1.807) is 0 Å². The maximum absolute atomic E-state index is 11.6. The minimum Gasteiger partial charge on any atom is -0.200 e. The SMILES string of the molecule is CC.FC1(F)CCC1(F)F. The lowest BCUT2D eigenvalue weighted by Crippen LogP contribution is -2.50. The fraction of sp³-hybridized carbons (Fsp3) is 1.00. The van der Waals surface area contributed by atoms with Crippen LogP contribution in [0.4, 0.5) is 17.6 Å². The van der Waals surface area contributed by atoms with Gasteiger partial charge in [0.25, 0.3) is 0 Å². The van der Waals surface area contributed by atoms with Gasteiger partial charge in [0.1, 0.15) is 0 Å². The van der Waals surface area contributed by atoms with Gasteiger partial charge in [-0.05, 0) is 0 Å². The molecule has 62 valence electrons. The van der Waals surface area contributed by atoms with Crippen molar-refractivity contribution in [3.63, 3.8) is 0 Å². The Morgan fingerprint density at radius 3 is 1.00 bits per heavy atom. The van der Waals surface area contributed by atoms with E-state index in [4.69, 9.17) is 0 Å². The van der Waals surface area contributed by atoms with Gasteiger partial charge in [-0.3, -0.25) is 0 Å². The monoisotopic (exact) mass is 158 g/mol. The van der Waals surface area contributed by atoms with Gasteiger partial charge in [-0.1, -0.05) is 13.8 Å². The summed E-state index contributed by atoms with van der Waals surface area (Å²) in [6, 6.07) is 0. The zero-order valence-electron chi connectivity index (χ0n) is 5.93. The summed E-state index contributed by atoms with van der Waals surface area (Å²) < 4.78 is 46.3. The lowest BCUT2D eigenvalue weighted by atomic mass is 9.90. The molecule has 0 aliphatic heterocycles. The predicted molar refractivity (Wildman–Crippen MR) is 30.5 cm³/mol. The van der Waals surface area contributed by atoms with Crippen LogP contribution in [-0.4, -0.2) is 11.8 Å². The van der Waals surface area contributed by atoms with Crippen molar-refractivity contribution in [3.05, 3.63) is 0 Å². The Morgan fingerprint density at radius 1 is 0.800 bits per heavy atom. The average Bonchev–Trinajstić information content (AvgIpc) is 1.90. The third-order valence-electron chi connectivity index (χ3n) is 1.29. The van der Waals surface area contributed by atoms with E-state index in [1.807, 2.05) is 13.8 Å². The van der Waals surface area contributed by atoms with Gasteiger partial charge in [-0.15, -0.1) is 0 Å². The summed E-state index contributed by atoms with van der Waals surface area (Å²) in [6.07, 6.45) is -1.33. The van der Waals surface area contributed by atoms with Gasteiger partial charge in [0.05, 0.1) is 0 Å². The van der Waals surface area contributed by atoms with E-state index in [1.165, 1.54) is 0 Å². The number of halogens is 4. The Bertz CT molecular complexity index is 94.3. The summed E-state index contributed by atoms with van der Waals surface area (Å²) in [4.78, 5) is 0. The van der Waals surface area contributed by atoms with Crippen LogP contribution in [0.15, 0.2) is 0 Å². The highest BCUT2D eigenvalue weighted by Gasteiger charge is 2.64. The molecule has 0 unspecified atom stereocenters. The van der Waals surface area contributed by atoms with Crippen LogP contribution in [0.5, 0.6) is 0 Å². The van der Waals surface area contributed by atoms with Crippen molar-refractivity contribution in [2.24, 2.45) is 0 Å². The first-order valence-corrected chi connectivity index (χ1v) is 3.21. The van der Waals surface area contributed by atoms with E-state index >= 15 is 0 Å². The lowest BCUT2D eigenvalue weighted by Gasteiger charge is -2.35. The van der Waals surface area contributed by atoms with Crippen LogP contribution in [-0.2, 0) is 0 Å². The van der Waals surface area contributed by atoms with Crippen LogP contribution in [0.1, 0.15) is 26.7 Å². The standard InChI is InChI=1S/C4H4F4.C2H6/c5-3(6)1-2-4(3,7)8;1-2/h1-2H2;1-2H3. The quantitative estimate of drug-likeness (QED) is 0.475. The fourth-order valence-corrected chi connectivity index (χ4v) is 0.503. The highest BCUT2D eigenvalue weighted by Crippen LogP contribution is 2.50. The first-order chi connectivity index (χ1) is 4.46. The molecule has 0 N–H and O–H groups in total. The average molecular weight is 158 g/mol. The minimum absolute atomic E-state index is 0.667. The highest BCUT2D eigenvalue weighted by molar-refractivity contribution is 4.95. The number of alkyl halides is 4. The van der Waals surface area contributed by atoms with Gasteiger partial charge in [-0.25, -0.2) is 0 Å². The van der Waals surface area contributed by atoms with Gasteiger partial charge in [0.2, 0.25) is 0 Å². The van der Waals surface area contributed by atoms with Gasteiger partial charge >= 0.3 is 11.8 Å². The minimum atomic E-state index is -3.72. The second-order valence-electron chi connectivity index (χ2n) is 1.91. The van der Waals surface area contributed by atoms with Crippen LogP contribution in [0, 0.1) is 0 Å². The second kappa shape index (κ2) is 2.76. The first-order valence-electron chi connectivity index (χ1n) is 3.21. The number of hydrogen-bond donors (Lipinski definition) is 0. The molecular weight excluding hydrogens is 148 g/mol. The van der Waals surface area contributed by atoms with Crippen LogP contribution in [0.3, 0.4) is 0 Å². The molecule has 1 aliphatic rings. The lowest BCUT2D eigenvalue weighted by molar-refractivity contribution is -0.275. The van der Waals surface area contributed by atoms with Gasteiger partial charge < -0.3 is 0 Å². The van der Waals surface area contributed by atoms with Crippen molar-refractivity contribution in [3.8, 4) is 0 Å². The summed E-state index contributed by atoms with van der Waals surface area (Å²) in [6.45, 7) is 4.00. The zero-order valence-corrected chi connectivity index (χ0v) is 5.93. The Morgan fingerprint density at radius 2 is 1.00 bits per heavy atom. The molecule has 0 radical (unpaired) electrons. The molecule has 0 saturated heterocycles. The molecule has 0 aromatic carbocycles. The van der Waals surface area contributed by atoms with Crippen LogP contribution >= 0.6 is 0 Å². The predicted octanol–water partition coefficient (Wildman–Crippen LogP) is 3.08. The molecule has 0 amide bonds. The van der Waals surface area contributed by atoms with Crippen molar-refractivity contribution in [2.75, 3.05) is 0 Å². The van der Waals surface area contributed by atoms with Crippen LogP contribution in [0.25, 0.3) is 0 Å². The third-order valence-corrected chi connectivity index (χ3v) is 1.29.